The summed E-state index contributed by atoms with van der Waals surface area (Å²) in [6.07, 6.45) is 7.66. The molecule has 0 saturated heterocycles. The van der Waals surface area contributed by atoms with Gasteiger partial charge in [0.25, 0.3) is 0 Å². The third-order valence-corrected chi connectivity index (χ3v) is 7.23. The highest BCUT2D eigenvalue weighted by atomic mass is 127. The van der Waals surface area contributed by atoms with Gasteiger partial charge in [0.15, 0.2) is 5.82 Å². The molecule has 0 aliphatic heterocycles. The second-order valence-electron chi connectivity index (χ2n) is 8.86. The SMILES string of the molecule is O=C(Cc1ccc(I)cc1)Nc1nc2c(nc1CC1CCCC1)-c1ccc(O)cc1CC2. The number of benzene rings is 2. The van der Waals surface area contributed by atoms with Crippen molar-refractivity contribution in [3.05, 3.63) is 68.5 Å². The van der Waals surface area contributed by atoms with Crippen molar-refractivity contribution in [3.8, 4) is 17.0 Å². The molecule has 32 heavy (non-hydrogen) atoms. The summed E-state index contributed by atoms with van der Waals surface area (Å²) in [6.45, 7) is 0. The highest BCUT2D eigenvalue weighted by Crippen LogP contribution is 2.36. The number of phenols is 1. The van der Waals surface area contributed by atoms with Crippen molar-refractivity contribution >= 4 is 34.3 Å². The molecule has 1 fully saturated rings. The van der Waals surface area contributed by atoms with E-state index in [2.05, 4.69) is 27.9 Å². The molecule has 2 aromatic carbocycles. The van der Waals surface area contributed by atoms with E-state index in [4.69, 9.17) is 9.97 Å². The number of aromatic nitrogens is 2. The topological polar surface area (TPSA) is 75.1 Å². The molecule has 5 rings (SSSR count). The van der Waals surface area contributed by atoms with Gasteiger partial charge in [-0.15, -0.1) is 0 Å². The van der Waals surface area contributed by atoms with E-state index in [-0.39, 0.29) is 11.7 Å². The molecule has 2 N–H and O–H groups in total. The maximum atomic E-state index is 12.9. The number of hydrogen-bond acceptors (Lipinski definition) is 4. The van der Waals surface area contributed by atoms with Gasteiger partial charge in [-0.2, -0.15) is 0 Å². The van der Waals surface area contributed by atoms with Crippen LogP contribution in [0.1, 0.15) is 48.2 Å². The van der Waals surface area contributed by atoms with E-state index in [1.54, 1.807) is 6.07 Å². The van der Waals surface area contributed by atoms with Crippen LogP contribution in [-0.2, 0) is 30.5 Å². The number of fused-ring (bicyclic) bond motifs is 3. The molecule has 164 valence electrons. The summed E-state index contributed by atoms with van der Waals surface area (Å²) >= 11 is 2.27. The van der Waals surface area contributed by atoms with Gasteiger partial charge in [0.2, 0.25) is 5.91 Å². The van der Waals surface area contributed by atoms with E-state index in [9.17, 15) is 9.90 Å². The fraction of sp³-hybridized carbons (Fsp3) is 0.346. The van der Waals surface area contributed by atoms with Crippen molar-refractivity contribution in [2.45, 2.75) is 51.4 Å². The van der Waals surface area contributed by atoms with Gasteiger partial charge in [-0.3, -0.25) is 4.79 Å². The first-order valence-electron chi connectivity index (χ1n) is 11.3. The molecule has 2 aliphatic carbocycles. The number of hydrogen-bond donors (Lipinski definition) is 2. The van der Waals surface area contributed by atoms with Gasteiger partial charge in [-0.05, 0) is 89.2 Å². The Bertz CT molecular complexity index is 1150. The third kappa shape index (κ3) is 4.65. The Morgan fingerprint density at radius 3 is 2.62 bits per heavy atom. The van der Waals surface area contributed by atoms with Crippen LogP contribution in [0, 0.1) is 9.49 Å². The summed E-state index contributed by atoms with van der Waals surface area (Å²) in [6, 6.07) is 13.5. The minimum atomic E-state index is -0.0609. The molecule has 0 unspecified atom stereocenters. The maximum Gasteiger partial charge on any atom is 0.229 e. The smallest absolute Gasteiger partial charge is 0.229 e. The van der Waals surface area contributed by atoms with Gasteiger partial charge < -0.3 is 10.4 Å². The monoisotopic (exact) mass is 539 g/mol. The lowest BCUT2D eigenvalue weighted by molar-refractivity contribution is -0.115. The number of aromatic hydroxyl groups is 1. The largest absolute Gasteiger partial charge is 0.508 e. The lowest BCUT2D eigenvalue weighted by Gasteiger charge is -2.22. The Kier molecular flexibility index (Phi) is 6.13. The molecule has 1 aromatic heterocycles. The predicted molar refractivity (Wildman–Crippen MR) is 134 cm³/mol. The summed E-state index contributed by atoms with van der Waals surface area (Å²) in [7, 11) is 0. The van der Waals surface area contributed by atoms with Crippen molar-refractivity contribution in [2.75, 3.05) is 5.32 Å². The van der Waals surface area contributed by atoms with Gasteiger partial charge in [0, 0.05) is 9.13 Å². The van der Waals surface area contributed by atoms with Crippen molar-refractivity contribution in [1.82, 2.24) is 9.97 Å². The van der Waals surface area contributed by atoms with Gasteiger partial charge in [0.1, 0.15) is 5.75 Å². The highest BCUT2D eigenvalue weighted by molar-refractivity contribution is 14.1. The van der Waals surface area contributed by atoms with E-state index in [1.807, 2.05) is 36.4 Å². The first kappa shape index (κ1) is 21.4. The van der Waals surface area contributed by atoms with E-state index in [1.165, 1.54) is 25.7 Å². The van der Waals surface area contributed by atoms with Crippen LogP contribution in [0.25, 0.3) is 11.3 Å². The first-order valence-corrected chi connectivity index (χ1v) is 12.4. The van der Waals surface area contributed by atoms with Crippen LogP contribution < -0.4 is 5.32 Å². The normalized spacial score (nSPS) is 15.3. The zero-order chi connectivity index (χ0) is 22.1. The second-order valence-corrected chi connectivity index (χ2v) is 10.1. The van der Waals surface area contributed by atoms with Crippen LogP contribution >= 0.6 is 22.6 Å². The first-order chi connectivity index (χ1) is 15.5. The Morgan fingerprint density at radius 2 is 1.84 bits per heavy atom. The Hall–Kier alpha value is -2.48. The number of carbonyl (C=O) groups is 1. The quantitative estimate of drug-likeness (QED) is 0.422. The van der Waals surface area contributed by atoms with Crippen LogP contribution in [0.2, 0.25) is 0 Å². The molecule has 0 bridgehead atoms. The number of phenolic OH excluding ortho intramolecular Hbond substituents is 1. The van der Waals surface area contributed by atoms with E-state index in [0.29, 0.717) is 18.2 Å². The van der Waals surface area contributed by atoms with Gasteiger partial charge in [-0.1, -0.05) is 37.8 Å². The third-order valence-electron chi connectivity index (χ3n) is 6.51. The zero-order valence-electron chi connectivity index (χ0n) is 17.9. The Balaban J connectivity index is 1.46. The number of nitrogens with zero attached hydrogens (tertiary/aromatic N) is 2. The summed E-state index contributed by atoms with van der Waals surface area (Å²) in [5, 5.41) is 13.0. The van der Waals surface area contributed by atoms with Crippen LogP contribution in [0.15, 0.2) is 42.5 Å². The predicted octanol–water partition coefficient (Wildman–Crippen LogP) is 5.47. The van der Waals surface area contributed by atoms with Crippen molar-refractivity contribution in [3.63, 3.8) is 0 Å². The number of rotatable bonds is 5. The Labute approximate surface area is 201 Å². The molecule has 1 amide bonds. The van der Waals surface area contributed by atoms with Crippen LogP contribution in [0.5, 0.6) is 5.75 Å². The molecule has 2 aliphatic rings. The fourth-order valence-corrected chi connectivity index (χ4v) is 5.22. The van der Waals surface area contributed by atoms with Crippen LogP contribution in [0.3, 0.4) is 0 Å². The number of carbonyl (C=O) groups excluding carboxylic acids is 1. The summed E-state index contributed by atoms with van der Waals surface area (Å²) in [5.74, 6) is 1.44. The average molecular weight is 539 g/mol. The van der Waals surface area contributed by atoms with E-state index < -0.39 is 0 Å². The number of amides is 1. The molecule has 0 spiro atoms. The average Bonchev–Trinajstić information content (AvgIpc) is 3.29. The van der Waals surface area contributed by atoms with E-state index in [0.717, 1.165) is 56.6 Å². The van der Waals surface area contributed by atoms with Crippen LogP contribution in [0.4, 0.5) is 5.82 Å². The lowest BCUT2D eigenvalue weighted by Crippen LogP contribution is -2.20. The number of halogens is 1. The van der Waals surface area contributed by atoms with E-state index >= 15 is 0 Å². The standard InChI is InChI=1S/C26H26IN3O2/c27-19-8-5-17(6-9-19)14-24(32)30-26-23(13-16-3-1-2-4-16)28-25-21-11-10-20(31)15-18(21)7-12-22(25)29-26/h5-6,8-11,15-16,31H,1-4,7,12-14H2,(H,29,30,32). The highest BCUT2D eigenvalue weighted by Gasteiger charge is 2.25. The number of aryl methyl sites for hydroxylation is 2. The molecule has 1 heterocycles. The zero-order valence-corrected chi connectivity index (χ0v) is 20.1. The lowest BCUT2D eigenvalue weighted by atomic mass is 9.91. The molecule has 0 radical (unpaired) electrons. The maximum absolute atomic E-state index is 12.9. The van der Waals surface area contributed by atoms with Crippen molar-refractivity contribution < 1.29 is 9.90 Å². The summed E-state index contributed by atoms with van der Waals surface area (Å²) < 4.78 is 1.15. The van der Waals surface area contributed by atoms with Crippen molar-refractivity contribution in [2.24, 2.45) is 5.92 Å². The molecular formula is C26H26IN3O2. The molecule has 5 nitrogen and oxygen atoms in total. The van der Waals surface area contributed by atoms with Gasteiger partial charge in [0.05, 0.1) is 23.5 Å². The summed E-state index contributed by atoms with van der Waals surface area (Å²) in [5.41, 5.74) is 5.83. The van der Waals surface area contributed by atoms with Crippen LogP contribution in [-0.4, -0.2) is 21.0 Å². The Morgan fingerprint density at radius 1 is 1.06 bits per heavy atom. The molecule has 0 atom stereocenters. The minimum absolute atomic E-state index is 0.0609. The number of nitrogens with one attached hydrogen (secondary N) is 1. The molecule has 6 heteroatoms. The second kappa shape index (κ2) is 9.17. The van der Waals surface area contributed by atoms with Crippen molar-refractivity contribution in [1.29, 1.82) is 0 Å². The minimum Gasteiger partial charge on any atom is -0.508 e. The van der Waals surface area contributed by atoms with Gasteiger partial charge >= 0.3 is 0 Å². The molecule has 3 aromatic rings. The molecule has 1 saturated carbocycles. The summed E-state index contributed by atoms with van der Waals surface area (Å²) in [4.78, 5) is 22.8. The fourth-order valence-electron chi connectivity index (χ4n) is 4.86. The number of anilines is 1. The van der Waals surface area contributed by atoms with Gasteiger partial charge in [-0.25, -0.2) is 9.97 Å². The molecular weight excluding hydrogens is 513 g/mol.